The lowest BCUT2D eigenvalue weighted by Gasteiger charge is -2.19. The molecule has 4 aromatic rings. The summed E-state index contributed by atoms with van der Waals surface area (Å²) in [5.41, 5.74) is 1.62. The average Bonchev–Trinajstić information content (AvgIpc) is 2.95. The minimum absolute atomic E-state index is 0.0411. The third-order valence-electron chi connectivity index (χ3n) is 6.33. The van der Waals surface area contributed by atoms with Crippen LogP contribution in [-0.2, 0) is 32.1 Å². The zero-order chi connectivity index (χ0) is 31.7. The van der Waals surface area contributed by atoms with Crippen LogP contribution in [0.15, 0.2) is 82.0 Å². The summed E-state index contributed by atoms with van der Waals surface area (Å²) in [5, 5.41) is 8.59. The van der Waals surface area contributed by atoms with Crippen molar-refractivity contribution in [1.29, 1.82) is 0 Å². The van der Waals surface area contributed by atoms with E-state index in [2.05, 4.69) is 20.9 Å². The number of benzene rings is 3. The molecule has 230 valence electrons. The number of amides is 2. The van der Waals surface area contributed by atoms with Crippen LogP contribution in [0.3, 0.4) is 0 Å². The van der Waals surface area contributed by atoms with E-state index < -0.39 is 35.2 Å². The van der Waals surface area contributed by atoms with Gasteiger partial charge in [-0.05, 0) is 56.5 Å². The second-order valence-corrected chi connectivity index (χ2v) is 11.2. The molecule has 0 fully saturated rings. The SMILES string of the molecule is Cc1cc(NC(=O)[C@H](Cc2ccccc2)NC(=O)OCc2ccccc2)cc2nc(NCCC(=O)OC(C)(C)C)oc(=O)c12. The van der Waals surface area contributed by atoms with Gasteiger partial charge in [-0.2, -0.15) is 4.98 Å². The summed E-state index contributed by atoms with van der Waals surface area (Å²) in [6, 6.07) is 20.6. The molecule has 11 nitrogen and oxygen atoms in total. The minimum atomic E-state index is -0.962. The fourth-order valence-corrected chi connectivity index (χ4v) is 4.40. The number of esters is 1. The number of fused-ring (bicyclic) bond motifs is 1. The second-order valence-electron chi connectivity index (χ2n) is 11.2. The molecule has 0 aliphatic rings. The Hall–Kier alpha value is -5.19. The fourth-order valence-electron chi connectivity index (χ4n) is 4.40. The van der Waals surface area contributed by atoms with Gasteiger partial charge < -0.3 is 29.8 Å². The van der Waals surface area contributed by atoms with Crippen LogP contribution < -0.4 is 21.6 Å². The maximum absolute atomic E-state index is 13.5. The second kappa shape index (κ2) is 14.3. The van der Waals surface area contributed by atoms with Crippen LogP contribution in [0.5, 0.6) is 0 Å². The highest BCUT2D eigenvalue weighted by Crippen LogP contribution is 2.22. The van der Waals surface area contributed by atoms with Crippen molar-refractivity contribution in [3.8, 4) is 0 Å². The lowest BCUT2D eigenvalue weighted by molar-refractivity contribution is -0.154. The first kappa shape index (κ1) is 31.7. The zero-order valence-electron chi connectivity index (χ0n) is 25.1. The van der Waals surface area contributed by atoms with Gasteiger partial charge in [0, 0.05) is 18.7 Å². The standard InChI is InChI=1S/C33H36N4O7/c1-21-17-24(19-25-28(21)30(40)43-31(36-25)34-16-15-27(38)44-33(2,3)4)35-29(39)26(18-22-11-7-5-8-12-22)37-32(41)42-20-23-13-9-6-10-14-23/h5-14,17,19,26H,15-16,18,20H2,1-4H3,(H,34,36)(H,35,39)(H,37,41)/t26-/m0/s1. The molecule has 0 saturated heterocycles. The number of aryl methyl sites for hydroxylation is 1. The summed E-state index contributed by atoms with van der Waals surface area (Å²) in [6.45, 7) is 7.22. The predicted molar refractivity (Wildman–Crippen MR) is 166 cm³/mol. The molecule has 4 rings (SSSR count). The first-order chi connectivity index (χ1) is 21.0. The van der Waals surface area contributed by atoms with Gasteiger partial charge in [0.1, 0.15) is 18.2 Å². The topological polar surface area (TPSA) is 149 Å². The maximum Gasteiger partial charge on any atom is 0.408 e. The highest BCUT2D eigenvalue weighted by Gasteiger charge is 2.23. The van der Waals surface area contributed by atoms with Gasteiger partial charge >= 0.3 is 17.7 Å². The van der Waals surface area contributed by atoms with Gasteiger partial charge in [0.25, 0.3) is 6.01 Å². The highest BCUT2D eigenvalue weighted by molar-refractivity contribution is 5.98. The van der Waals surface area contributed by atoms with Crippen molar-refractivity contribution >= 4 is 40.6 Å². The van der Waals surface area contributed by atoms with Crippen molar-refractivity contribution in [1.82, 2.24) is 10.3 Å². The molecule has 0 radical (unpaired) electrons. The largest absolute Gasteiger partial charge is 0.460 e. The number of aromatic nitrogens is 1. The minimum Gasteiger partial charge on any atom is -0.460 e. The summed E-state index contributed by atoms with van der Waals surface area (Å²) in [7, 11) is 0. The van der Waals surface area contributed by atoms with Gasteiger partial charge in [-0.15, -0.1) is 0 Å². The van der Waals surface area contributed by atoms with Gasteiger partial charge in [0.15, 0.2) is 0 Å². The Balaban J connectivity index is 1.48. The molecule has 0 aliphatic carbocycles. The van der Waals surface area contributed by atoms with Crippen molar-refractivity contribution in [2.24, 2.45) is 0 Å². The van der Waals surface area contributed by atoms with E-state index in [9.17, 15) is 19.2 Å². The van der Waals surface area contributed by atoms with Gasteiger partial charge in [-0.1, -0.05) is 60.7 Å². The first-order valence-electron chi connectivity index (χ1n) is 14.2. The molecule has 44 heavy (non-hydrogen) atoms. The number of carbonyl (C=O) groups is 3. The Kier molecular flexibility index (Phi) is 10.3. The van der Waals surface area contributed by atoms with E-state index in [4.69, 9.17) is 13.9 Å². The molecule has 1 heterocycles. The van der Waals surface area contributed by atoms with Crippen LogP contribution in [0.1, 0.15) is 43.9 Å². The fraction of sp³-hybridized carbons (Fsp3) is 0.303. The average molecular weight is 601 g/mol. The quantitative estimate of drug-likeness (QED) is 0.200. The monoisotopic (exact) mass is 600 g/mol. The van der Waals surface area contributed by atoms with E-state index in [0.29, 0.717) is 11.3 Å². The summed E-state index contributed by atoms with van der Waals surface area (Å²) in [4.78, 5) is 55.3. The third-order valence-corrected chi connectivity index (χ3v) is 6.33. The van der Waals surface area contributed by atoms with Crippen molar-refractivity contribution in [2.45, 2.75) is 58.8 Å². The van der Waals surface area contributed by atoms with Crippen molar-refractivity contribution in [3.05, 3.63) is 99.9 Å². The molecular weight excluding hydrogens is 564 g/mol. The molecule has 3 N–H and O–H groups in total. The molecular formula is C33H36N4O7. The van der Waals surface area contributed by atoms with Gasteiger partial charge in [-0.3, -0.25) is 9.59 Å². The maximum atomic E-state index is 13.5. The summed E-state index contributed by atoms with van der Waals surface area (Å²) in [5.74, 6) is -0.889. The number of ether oxygens (including phenoxy) is 2. The Morgan fingerprint density at radius 3 is 2.27 bits per heavy atom. The van der Waals surface area contributed by atoms with Crippen LogP contribution in [0.4, 0.5) is 16.5 Å². The number of anilines is 2. The first-order valence-corrected chi connectivity index (χ1v) is 14.2. The molecule has 1 atom stereocenters. The molecule has 0 saturated carbocycles. The van der Waals surface area contributed by atoms with E-state index in [1.807, 2.05) is 60.7 Å². The Bertz CT molecular complexity index is 1670. The van der Waals surface area contributed by atoms with E-state index in [0.717, 1.165) is 11.1 Å². The van der Waals surface area contributed by atoms with E-state index >= 15 is 0 Å². The van der Waals surface area contributed by atoms with Crippen molar-refractivity contribution in [2.75, 3.05) is 17.2 Å². The van der Waals surface area contributed by atoms with Crippen LogP contribution in [0.2, 0.25) is 0 Å². The number of alkyl carbamates (subject to hydrolysis) is 1. The third kappa shape index (κ3) is 9.41. The lowest BCUT2D eigenvalue weighted by Crippen LogP contribution is -2.45. The van der Waals surface area contributed by atoms with Crippen LogP contribution >= 0.6 is 0 Å². The normalized spacial score (nSPS) is 11.8. The summed E-state index contributed by atoms with van der Waals surface area (Å²) >= 11 is 0. The zero-order valence-corrected chi connectivity index (χ0v) is 25.1. The van der Waals surface area contributed by atoms with Crippen LogP contribution in [-0.4, -0.2) is 41.1 Å². The molecule has 0 bridgehead atoms. The Labute approximate surface area is 255 Å². The Morgan fingerprint density at radius 1 is 0.955 bits per heavy atom. The van der Waals surface area contributed by atoms with E-state index in [1.54, 1.807) is 39.8 Å². The Morgan fingerprint density at radius 2 is 1.61 bits per heavy atom. The molecule has 11 heteroatoms. The smallest absolute Gasteiger partial charge is 0.408 e. The number of nitrogens with zero attached hydrogens (tertiary/aromatic N) is 1. The van der Waals surface area contributed by atoms with Crippen LogP contribution in [0.25, 0.3) is 10.9 Å². The number of carbonyl (C=O) groups excluding carboxylic acids is 3. The van der Waals surface area contributed by atoms with Crippen molar-refractivity contribution < 1.29 is 28.3 Å². The number of nitrogens with one attached hydrogen (secondary N) is 3. The van der Waals surface area contributed by atoms with E-state index in [1.165, 1.54) is 0 Å². The highest BCUT2D eigenvalue weighted by atomic mass is 16.6. The van der Waals surface area contributed by atoms with Gasteiger partial charge in [0.05, 0.1) is 17.3 Å². The van der Waals surface area contributed by atoms with Gasteiger partial charge in [0.2, 0.25) is 5.91 Å². The molecule has 1 aromatic heterocycles. The van der Waals surface area contributed by atoms with Crippen molar-refractivity contribution in [3.63, 3.8) is 0 Å². The molecule has 0 aliphatic heterocycles. The number of rotatable bonds is 11. The van der Waals surface area contributed by atoms with E-state index in [-0.39, 0.29) is 42.9 Å². The van der Waals surface area contributed by atoms with Gasteiger partial charge in [-0.25, -0.2) is 9.59 Å². The molecule has 0 unspecified atom stereocenters. The molecule has 0 spiro atoms. The summed E-state index contributed by atoms with van der Waals surface area (Å²) in [6.07, 6.45) is -0.479. The number of hydrogen-bond acceptors (Lipinski definition) is 9. The summed E-state index contributed by atoms with van der Waals surface area (Å²) < 4.78 is 15.9. The molecule has 3 aromatic carbocycles. The predicted octanol–water partition coefficient (Wildman–Crippen LogP) is 5.12. The lowest BCUT2D eigenvalue weighted by atomic mass is 10.0. The van der Waals surface area contributed by atoms with Crippen LogP contribution in [0, 0.1) is 6.92 Å². The molecule has 2 amide bonds. The number of hydrogen-bond donors (Lipinski definition) is 3.